The zero-order chi connectivity index (χ0) is 21.6. The van der Waals surface area contributed by atoms with Gasteiger partial charge < -0.3 is 15.4 Å². The highest BCUT2D eigenvalue weighted by Gasteiger charge is 2.12. The highest BCUT2D eigenvalue weighted by Crippen LogP contribution is 2.34. The summed E-state index contributed by atoms with van der Waals surface area (Å²) < 4.78 is 3.34. The zero-order valence-electron chi connectivity index (χ0n) is 17.3. The fourth-order valence-corrected chi connectivity index (χ4v) is 4.47. The molecule has 1 heterocycles. The zero-order valence-corrected chi connectivity index (χ0v) is 18.9. The lowest BCUT2D eigenvalue weighted by Gasteiger charge is -2.15. The number of benzene rings is 3. The summed E-state index contributed by atoms with van der Waals surface area (Å²) >= 11 is 3.14. The number of para-hydroxylation sites is 1. The second kappa shape index (κ2) is 9.73. The average Bonchev–Trinajstić information content (AvgIpc) is 3.30. The average molecular weight is 446 g/mol. The van der Waals surface area contributed by atoms with Crippen LogP contribution in [0.1, 0.15) is 11.1 Å². The van der Waals surface area contributed by atoms with Crippen LogP contribution < -0.4 is 15.4 Å². The molecule has 4 nitrogen and oxygen atoms in total. The van der Waals surface area contributed by atoms with Gasteiger partial charge in [-0.3, -0.25) is 0 Å². The molecule has 31 heavy (non-hydrogen) atoms. The Kier molecular flexibility index (Phi) is 6.60. The van der Waals surface area contributed by atoms with Gasteiger partial charge in [0.15, 0.2) is 0 Å². The molecule has 0 bridgehead atoms. The maximum absolute atomic E-state index is 12.8. The number of rotatable bonds is 6. The van der Waals surface area contributed by atoms with Crippen LogP contribution in [-0.2, 0) is 0 Å². The SMILES string of the molecule is Cc1ccc(C)c(NC(=O)Nc2cc(SNc3ccccc3)ccc2-c2ccsc2)c1. The first kappa shape index (κ1) is 21.0. The van der Waals surface area contributed by atoms with E-state index < -0.39 is 0 Å². The summed E-state index contributed by atoms with van der Waals surface area (Å²) in [6.45, 7) is 4.00. The van der Waals surface area contributed by atoms with E-state index in [4.69, 9.17) is 0 Å². The highest BCUT2D eigenvalue weighted by molar-refractivity contribution is 8.00. The quantitative estimate of drug-likeness (QED) is 0.265. The smallest absolute Gasteiger partial charge is 0.323 e. The van der Waals surface area contributed by atoms with Crippen molar-refractivity contribution in [3.63, 3.8) is 0 Å². The van der Waals surface area contributed by atoms with Crippen LogP contribution in [0.25, 0.3) is 11.1 Å². The molecule has 156 valence electrons. The number of urea groups is 1. The molecule has 0 unspecified atom stereocenters. The van der Waals surface area contributed by atoms with Crippen molar-refractivity contribution < 1.29 is 4.79 Å². The molecule has 6 heteroatoms. The molecule has 3 N–H and O–H groups in total. The molecule has 0 aliphatic carbocycles. The van der Waals surface area contributed by atoms with E-state index in [2.05, 4.69) is 32.9 Å². The van der Waals surface area contributed by atoms with Crippen molar-refractivity contribution in [3.8, 4) is 11.1 Å². The number of aryl methyl sites for hydroxylation is 2. The summed E-state index contributed by atoms with van der Waals surface area (Å²) in [5, 5.41) is 10.1. The Balaban J connectivity index is 1.56. The third-order valence-corrected chi connectivity index (χ3v) is 6.28. The van der Waals surface area contributed by atoms with Gasteiger partial charge in [-0.15, -0.1) is 0 Å². The number of carbonyl (C=O) groups excluding carboxylic acids is 1. The van der Waals surface area contributed by atoms with Crippen molar-refractivity contribution in [3.05, 3.63) is 94.7 Å². The van der Waals surface area contributed by atoms with Gasteiger partial charge in [0.2, 0.25) is 0 Å². The molecule has 0 fully saturated rings. The lowest BCUT2D eigenvalue weighted by molar-refractivity contribution is 0.262. The molecular formula is C25H23N3OS2. The Morgan fingerprint density at radius 3 is 2.45 bits per heavy atom. The Hall–Kier alpha value is -3.22. The van der Waals surface area contributed by atoms with Crippen LogP contribution in [0.15, 0.2) is 88.5 Å². The van der Waals surface area contributed by atoms with Gasteiger partial charge in [-0.25, -0.2) is 4.79 Å². The fraction of sp³-hybridized carbons (Fsp3) is 0.0800. The van der Waals surface area contributed by atoms with Crippen LogP contribution in [0.3, 0.4) is 0 Å². The van der Waals surface area contributed by atoms with E-state index >= 15 is 0 Å². The summed E-state index contributed by atoms with van der Waals surface area (Å²) in [7, 11) is 0. The molecule has 0 spiro atoms. The van der Waals surface area contributed by atoms with Gasteiger partial charge in [0.25, 0.3) is 0 Å². The number of hydrogen-bond donors (Lipinski definition) is 3. The van der Waals surface area contributed by atoms with Gasteiger partial charge in [-0.1, -0.05) is 36.4 Å². The number of carbonyl (C=O) groups is 1. The first-order chi connectivity index (χ1) is 15.1. The molecule has 4 rings (SSSR count). The molecule has 0 aliphatic heterocycles. The van der Waals surface area contributed by atoms with E-state index in [1.54, 1.807) is 11.3 Å². The van der Waals surface area contributed by atoms with E-state index in [0.29, 0.717) is 0 Å². The van der Waals surface area contributed by atoms with Gasteiger partial charge in [0, 0.05) is 21.8 Å². The standard InChI is InChI=1S/C25H23N3OS2/c1-17-8-9-18(2)23(14-17)26-25(29)27-24-15-21(31-28-20-6-4-3-5-7-20)10-11-22(24)19-12-13-30-16-19/h3-16,28H,1-2H3,(H2,26,27,29). The molecule has 0 saturated heterocycles. The normalized spacial score (nSPS) is 10.5. The molecule has 0 saturated carbocycles. The monoisotopic (exact) mass is 445 g/mol. The van der Waals surface area contributed by atoms with Crippen LogP contribution >= 0.6 is 23.3 Å². The van der Waals surface area contributed by atoms with Gasteiger partial charge >= 0.3 is 6.03 Å². The molecule has 0 atom stereocenters. The third kappa shape index (κ3) is 5.48. The van der Waals surface area contributed by atoms with Crippen LogP contribution in [0, 0.1) is 13.8 Å². The fourth-order valence-electron chi connectivity index (χ4n) is 3.13. The van der Waals surface area contributed by atoms with Crippen LogP contribution in [-0.4, -0.2) is 6.03 Å². The van der Waals surface area contributed by atoms with Gasteiger partial charge in [-0.2, -0.15) is 11.3 Å². The van der Waals surface area contributed by atoms with E-state index in [9.17, 15) is 4.79 Å². The van der Waals surface area contributed by atoms with E-state index in [-0.39, 0.29) is 6.03 Å². The number of amides is 2. The minimum atomic E-state index is -0.261. The molecule has 2 amide bonds. The van der Waals surface area contributed by atoms with Crippen molar-refractivity contribution in [2.75, 3.05) is 15.4 Å². The first-order valence-electron chi connectivity index (χ1n) is 9.88. The minimum absolute atomic E-state index is 0.261. The largest absolute Gasteiger partial charge is 0.326 e. The molecule has 3 aromatic carbocycles. The Bertz CT molecular complexity index is 1170. The number of hydrogen-bond acceptors (Lipinski definition) is 4. The predicted octanol–water partition coefficient (Wildman–Crippen LogP) is 7.80. The lowest BCUT2D eigenvalue weighted by Crippen LogP contribution is -2.20. The van der Waals surface area contributed by atoms with Crippen LogP contribution in [0.5, 0.6) is 0 Å². The molecule has 1 aromatic heterocycles. The summed E-state index contributed by atoms with van der Waals surface area (Å²) in [5.41, 5.74) is 6.80. The molecule has 4 aromatic rings. The number of nitrogens with one attached hydrogen (secondary N) is 3. The summed E-state index contributed by atoms with van der Waals surface area (Å²) in [6.07, 6.45) is 0. The minimum Gasteiger partial charge on any atom is -0.326 e. The number of thiophene rings is 1. The van der Waals surface area contributed by atoms with Gasteiger partial charge in [-0.05, 0) is 89.6 Å². The lowest BCUT2D eigenvalue weighted by atomic mass is 10.1. The Morgan fingerprint density at radius 2 is 1.68 bits per heavy atom. The van der Waals surface area contributed by atoms with Crippen molar-refractivity contribution in [1.29, 1.82) is 0 Å². The van der Waals surface area contributed by atoms with Gasteiger partial charge in [0.05, 0.1) is 5.69 Å². The van der Waals surface area contributed by atoms with E-state index in [1.807, 2.05) is 79.9 Å². The number of anilines is 3. The maximum atomic E-state index is 12.8. The predicted molar refractivity (Wildman–Crippen MR) is 134 cm³/mol. The van der Waals surface area contributed by atoms with E-state index in [1.165, 1.54) is 11.9 Å². The van der Waals surface area contributed by atoms with Crippen LogP contribution in [0.2, 0.25) is 0 Å². The van der Waals surface area contributed by atoms with Crippen molar-refractivity contribution in [2.24, 2.45) is 0 Å². The topological polar surface area (TPSA) is 53.2 Å². The second-order valence-corrected chi connectivity index (χ2v) is 8.85. The van der Waals surface area contributed by atoms with Crippen LogP contribution in [0.4, 0.5) is 21.9 Å². The van der Waals surface area contributed by atoms with E-state index in [0.717, 1.165) is 44.2 Å². The Labute approximate surface area is 190 Å². The van der Waals surface area contributed by atoms with Crippen molar-refractivity contribution in [2.45, 2.75) is 18.7 Å². The molecule has 0 radical (unpaired) electrons. The second-order valence-electron chi connectivity index (χ2n) is 7.19. The first-order valence-corrected chi connectivity index (χ1v) is 11.6. The maximum Gasteiger partial charge on any atom is 0.323 e. The molecular weight excluding hydrogens is 422 g/mol. The summed E-state index contributed by atoms with van der Waals surface area (Å²) in [4.78, 5) is 13.8. The highest BCUT2D eigenvalue weighted by atomic mass is 32.2. The summed E-state index contributed by atoms with van der Waals surface area (Å²) in [5.74, 6) is 0. The van der Waals surface area contributed by atoms with Crippen molar-refractivity contribution >= 4 is 46.4 Å². The summed E-state index contributed by atoms with van der Waals surface area (Å²) in [6, 6.07) is 23.9. The van der Waals surface area contributed by atoms with Gasteiger partial charge in [0.1, 0.15) is 0 Å². The third-order valence-electron chi connectivity index (χ3n) is 4.77. The molecule has 0 aliphatic rings. The Morgan fingerprint density at radius 1 is 0.871 bits per heavy atom. The van der Waals surface area contributed by atoms with Crippen molar-refractivity contribution in [1.82, 2.24) is 0 Å².